The van der Waals surface area contributed by atoms with E-state index in [1.54, 1.807) is 12.1 Å². The van der Waals surface area contributed by atoms with Gasteiger partial charge in [0.25, 0.3) is 11.8 Å². The monoisotopic (exact) mass is 443 g/mol. The van der Waals surface area contributed by atoms with Crippen LogP contribution < -0.4 is 10.2 Å². The molecular formula is C22H26BrN3O2. The summed E-state index contributed by atoms with van der Waals surface area (Å²) in [6.45, 7) is 7.20. The summed E-state index contributed by atoms with van der Waals surface area (Å²) in [5, 5.41) is 2.92. The maximum atomic E-state index is 13.1. The van der Waals surface area contributed by atoms with Gasteiger partial charge in [0.15, 0.2) is 0 Å². The SMILES string of the molecule is CCN(CC)C(=O)c1cc(NC(=O)c2ccc(Br)cc2)ccc1N1CCCC1. The van der Waals surface area contributed by atoms with Crippen LogP contribution in [0.4, 0.5) is 11.4 Å². The van der Waals surface area contributed by atoms with E-state index in [2.05, 4.69) is 26.1 Å². The smallest absolute Gasteiger partial charge is 0.256 e. The molecule has 1 heterocycles. The zero-order valence-electron chi connectivity index (χ0n) is 16.4. The predicted molar refractivity (Wildman–Crippen MR) is 117 cm³/mol. The molecule has 0 radical (unpaired) electrons. The third-order valence-electron chi connectivity index (χ3n) is 5.09. The van der Waals surface area contributed by atoms with Crippen LogP contribution in [0.3, 0.4) is 0 Å². The molecule has 6 heteroatoms. The van der Waals surface area contributed by atoms with Crippen LogP contribution in [0.15, 0.2) is 46.9 Å². The summed E-state index contributed by atoms with van der Waals surface area (Å²) < 4.78 is 0.922. The Morgan fingerprint density at radius 1 is 1.04 bits per heavy atom. The molecule has 2 aromatic carbocycles. The molecule has 2 aromatic rings. The van der Waals surface area contributed by atoms with Gasteiger partial charge >= 0.3 is 0 Å². The second-order valence-corrected chi connectivity index (χ2v) is 7.78. The molecule has 0 atom stereocenters. The van der Waals surface area contributed by atoms with Crippen LogP contribution >= 0.6 is 15.9 Å². The van der Waals surface area contributed by atoms with Crippen molar-refractivity contribution in [1.82, 2.24) is 4.90 Å². The molecule has 1 fully saturated rings. The van der Waals surface area contributed by atoms with Gasteiger partial charge in [-0.05, 0) is 69.2 Å². The Morgan fingerprint density at radius 3 is 2.29 bits per heavy atom. The molecule has 0 bridgehead atoms. The minimum atomic E-state index is -0.192. The number of hydrogen-bond donors (Lipinski definition) is 1. The number of amides is 2. The summed E-state index contributed by atoms with van der Waals surface area (Å²) in [6, 6.07) is 12.8. The Kier molecular flexibility index (Phi) is 6.73. The van der Waals surface area contributed by atoms with E-state index in [1.165, 1.54) is 0 Å². The lowest BCUT2D eigenvalue weighted by Gasteiger charge is -2.25. The summed E-state index contributed by atoms with van der Waals surface area (Å²) in [7, 11) is 0. The Morgan fingerprint density at radius 2 is 1.68 bits per heavy atom. The maximum Gasteiger partial charge on any atom is 0.256 e. The summed E-state index contributed by atoms with van der Waals surface area (Å²) >= 11 is 3.38. The van der Waals surface area contributed by atoms with E-state index in [9.17, 15) is 9.59 Å². The van der Waals surface area contributed by atoms with Gasteiger partial charge in [-0.2, -0.15) is 0 Å². The Bertz CT molecular complexity index is 841. The third kappa shape index (κ3) is 4.55. The molecule has 0 aromatic heterocycles. The zero-order valence-corrected chi connectivity index (χ0v) is 18.0. The lowest BCUT2D eigenvalue weighted by atomic mass is 10.1. The quantitative estimate of drug-likeness (QED) is 0.698. The van der Waals surface area contributed by atoms with Crippen molar-refractivity contribution in [1.29, 1.82) is 0 Å². The van der Waals surface area contributed by atoms with E-state index in [0.717, 1.165) is 36.1 Å². The van der Waals surface area contributed by atoms with Crippen molar-refractivity contribution in [3.63, 3.8) is 0 Å². The van der Waals surface area contributed by atoms with Crippen LogP contribution in [0.1, 0.15) is 47.4 Å². The van der Waals surface area contributed by atoms with Crippen molar-refractivity contribution in [3.05, 3.63) is 58.1 Å². The van der Waals surface area contributed by atoms with E-state index in [1.807, 2.05) is 49.1 Å². The van der Waals surface area contributed by atoms with Crippen LogP contribution in [-0.4, -0.2) is 42.9 Å². The van der Waals surface area contributed by atoms with Gasteiger partial charge in [0, 0.05) is 47.6 Å². The average molecular weight is 444 g/mol. The van der Waals surface area contributed by atoms with Gasteiger partial charge in [-0.1, -0.05) is 15.9 Å². The molecule has 2 amide bonds. The summed E-state index contributed by atoms with van der Waals surface area (Å²) in [5.41, 5.74) is 2.81. The van der Waals surface area contributed by atoms with E-state index in [4.69, 9.17) is 0 Å². The van der Waals surface area contributed by atoms with E-state index >= 15 is 0 Å². The molecule has 148 valence electrons. The molecule has 0 saturated carbocycles. The number of hydrogen-bond acceptors (Lipinski definition) is 3. The van der Waals surface area contributed by atoms with Gasteiger partial charge in [0.1, 0.15) is 0 Å². The third-order valence-corrected chi connectivity index (χ3v) is 5.62. The highest BCUT2D eigenvalue weighted by atomic mass is 79.9. The largest absolute Gasteiger partial charge is 0.371 e. The Balaban J connectivity index is 1.90. The fourth-order valence-corrected chi connectivity index (χ4v) is 3.77. The molecule has 0 aliphatic carbocycles. The highest BCUT2D eigenvalue weighted by Gasteiger charge is 2.23. The first-order valence-corrected chi connectivity index (χ1v) is 10.6. The van der Waals surface area contributed by atoms with Crippen LogP contribution in [-0.2, 0) is 0 Å². The lowest BCUT2D eigenvalue weighted by Crippen LogP contribution is -2.32. The first-order chi connectivity index (χ1) is 13.5. The molecule has 0 unspecified atom stereocenters. The lowest BCUT2D eigenvalue weighted by molar-refractivity contribution is 0.0773. The van der Waals surface area contributed by atoms with Gasteiger partial charge in [0.2, 0.25) is 0 Å². The molecule has 1 aliphatic heterocycles. The molecular weight excluding hydrogens is 418 g/mol. The Labute approximate surface area is 174 Å². The fraction of sp³-hybridized carbons (Fsp3) is 0.364. The number of rotatable bonds is 6. The van der Waals surface area contributed by atoms with Gasteiger partial charge in [-0.25, -0.2) is 0 Å². The van der Waals surface area contributed by atoms with Crippen molar-refractivity contribution < 1.29 is 9.59 Å². The molecule has 28 heavy (non-hydrogen) atoms. The summed E-state index contributed by atoms with van der Waals surface area (Å²) in [5.74, 6) is -0.186. The molecule has 1 aliphatic rings. The molecule has 1 N–H and O–H groups in total. The first-order valence-electron chi connectivity index (χ1n) is 9.78. The van der Waals surface area contributed by atoms with Crippen LogP contribution in [0, 0.1) is 0 Å². The molecule has 1 saturated heterocycles. The van der Waals surface area contributed by atoms with Crippen molar-refractivity contribution >= 4 is 39.1 Å². The van der Waals surface area contributed by atoms with Crippen LogP contribution in [0.25, 0.3) is 0 Å². The molecule has 3 rings (SSSR count). The highest BCUT2D eigenvalue weighted by Crippen LogP contribution is 2.29. The summed E-state index contributed by atoms with van der Waals surface area (Å²) in [6.07, 6.45) is 2.28. The van der Waals surface area contributed by atoms with E-state index in [-0.39, 0.29) is 11.8 Å². The van der Waals surface area contributed by atoms with Crippen molar-refractivity contribution in [2.45, 2.75) is 26.7 Å². The number of nitrogens with one attached hydrogen (secondary N) is 1. The number of carbonyl (C=O) groups excluding carboxylic acids is 2. The summed E-state index contributed by atoms with van der Waals surface area (Å²) in [4.78, 5) is 29.7. The first kappa shape index (κ1) is 20.4. The van der Waals surface area contributed by atoms with Crippen molar-refractivity contribution in [2.75, 3.05) is 36.4 Å². The molecule has 5 nitrogen and oxygen atoms in total. The van der Waals surface area contributed by atoms with E-state index < -0.39 is 0 Å². The molecule has 0 spiro atoms. The second kappa shape index (κ2) is 9.24. The number of anilines is 2. The van der Waals surface area contributed by atoms with E-state index in [0.29, 0.717) is 29.9 Å². The fourth-order valence-electron chi connectivity index (χ4n) is 3.50. The number of benzene rings is 2. The van der Waals surface area contributed by atoms with Gasteiger partial charge in [-0.15, -0.1) is 0 Å². The number of nitrogens with zero attached hydrogens (tertiary/aromatic N) is 2. The topological polar surface area (TPSA) is 52.7 Å². The minimum Gasteiger partial charge on any atom is -0.371 e. The average Bonchev–Trinajstić information content (AvgIpc) is 3.24. The number of halogens is 1. The maximum absolute atomic E-state index is 13.1. The van der Waals surface area contributed by atoms with Crippen LogP contribution in [0.5, 0.6) is 0 Å². The highest BCUT2D eigenvalue weighted by molar-refractivity contribution is 9.10. The number of carbonyl (C=O) groups is 2. The normalized spacial score (nSPS) is 13.5. The van der Waals surface area contributed by atoms with Gasteiger partial charge < -0.3 is 15.1 Å². The standard InChI is InChI=1S/C22H26BrN3O2/c1-3-25(4-2)22(28)19-15-18(11-12-20(19)26-13-5-6-14-26)24-21(27)16-7-9-17(23)10-8-16/h7-12,15H,3-6,13-14H2,1-2H3,(H,24,27). The minimum absolute atomic E-state index is 0.00615. The van der Waals surface area contributed by atoms with Crippen molar-refractivity contribution in [2.24, 2.45) is 0 Å². The second-order valence-electron chi connectivity index (χ2n) is 6.86. The van der Waals surface area contributed by atoms with Gasteiger partial charge in [-0.3, -0.25) is 9.59 Å². The zero-order chi connectivity index (χ0) is 20.1. The Hall–Kier alpha value is -2.34. The van der Waals surface area contributed by atoms with Crippen molar-refractivity contribution in [3.8, 4) is 0 Å². The van der Waals surface area contributed by atoms with Crippen LogP contribution in [0.2, 0.25) is 0 Å². The van der Waals surface area contributed by atoms with Gasteiger partial charge in [0.05, 0.1) is 5.56 Å². The predicted octanol–water partition coefficient (Wildman–Crippen LogP) is 4.78.